The molecule has 3 N–H and O–H groups in total. The van der Waals surface area contributed by atoms with Crippen LogP contribution in [0.4, 0.5) is 4.79 Å². The zero-order chi connectivity index (χ0) is 23.4. The van der Waals surface area contributed by atoms with Gasteiger partial charge in [-0.15, -0.1) is 0 Å². The molecule has 1 aliphatic carbocycles. The third-order valence-electron chi connectivity index (χ3n) is 6.08. The van der Waals surface area contributed by atoms with Gasteiger partial charge in [0.2, 0.25) is 5.91 Å². The molecule has 9 heteroatoms. The number of alkyl carbamates (subject to hydrolysis) is 1. The number of carboxylic acid groups (broad SMARTS) is 1. The first kappa shape index (κ1) is 23.1. The fourth-order valence-corrected chi connectivity index (χ4v) is 5.05. The molecule has 1 atom stereocenters. The molecule has 174 valence electrons. The van der Waals surface area contributed by atoms with Crippen molar-refractivity contribution in [2.45, 2.75) is 17.9 Å². The largest absolute Gasteiger partial charge is 0.479 e. The number of carbonyl (C=O) groups is 3. The number of fused-ring (bicyclic) bond motifs is 3. The van der Waals surface area contributed by atoms with Crippen LogP contribution in [-0.4, -0.2) is 76.4 Å². The maximum Gasteiger partial charge on any atom is 0.407 e. The fraction of sp³-hybridized carbons (Fsp3) is 0.375. The highest BCUT2D eigenvalue weighted by atomic mass is 32.2. The van der Waals surface area contributed by atoms with Gasteiger partial charge in [-0.3, -0.25) is 4.79 Å². The van der Waals surface area contributed by atoms with E-state index in [1.165, 1.54) is 27.8 Å². The Kier molecular flexibility index (Phi) is 6.90. The summed E-state index contributed by atoms with van der Waals surface area (Å²) in [5.41, 5.74) is 2.78. The van der Waals surface area contributed by atoms with E-state index in [0.29, 0.717) is 12.3 Å². The Morgan fingerprint density at radius 2 is 1.73 bits per heavy atom. The van der Waals surface area contributed by atoms with Gasteiger partial charge in [0, 0.05) is 31.2 Å². The Bertz CT molecular complexity index is 1020. The highest BCUT2D eigenvalue weighted by molar-refractivity contribution is 7.99. The lowest BCUT2D eigenvalue weighted by atomic mass is 9.98. The number of β-amino-alcohol motifs (C(OH)–C–C–N with tert-alkyl or cyclic N) is 1. The van der Waals surface area contributed by atoms with Crippen LogP contribution >= 0.6 is 11.8 Å². The number of benzene rings is 2. The summed E-state index contributed by atoms with van der Waals surface area (Å²) in [7, 11) is 0. The fourth-order valence-electron chi connectivity index (χ4n) is 4.31. The average molecular weight is 471 g/mol. The van der Waals surface area contributed by atoms with Gasteiger partial charge in [-0.05, 0) is 22.3 Å². The van der Waals surface area contributed by atoms with Crippen molar-refractivity contribution in [3.05, 3.63) is 59.7 Å². The molecule has 2 amide bonds. The molecule has 0 bridgehead atoms. The second-order valence-corrected chi connectivity index (χ2v) is 9.31. The van der Waals surface area contributed by atoms with E-state index >= 15 is 0 Å². The molecule has 1 fully saturated rings. The van der Waals surface area contributed by atoms with E-state index in [1.54, 1.807) is 0 Å². The minimum Gasteiger partial charge on any atom is -0.479 e. The Morgan fingerprint density at radius 1 is 1.09 bits per heavy atom. The average Bonchev–Trinajstić information content (AvgIpc) is 3.37. The lowest BCUT2D eigenvalue weighted by Gasteiger charge is -2.19. The zero-order valence-corrected chi connectivity index (χ0v) is 18.8. The summed E-state index contributed by atoms with van der Waals surface area (Å²) in [6, 6.07) is 16.3. The van der Waals surface area contributed by atoms with Gasteiger partial charge < -0.3 is 25.2 Å². The standard InChI is InChI=1S/C24H26N2O6S/c27-21(26-11-9-24(31,15-26)22(28)29)14-33-12-10-25-23(30)32-13-20-18-7-3-1-5-16(18)17-6-2-4-8-19(17)20/h1-8,20,31H,9-15H2,(H,25,30)(H,28,29). The number of nitrogens with one attached hydrogen (secondary N) is 1. The van der Waals surface area contributed by atoms with Gasteiger partial charge in [-0.25, -0.2) is 9.59 Å². The Hall–Kier alpha value is -3.04. The van der Waals surface area contributed by atoms with Gasteiger partial charge in [-0.1, -0.05) is 48.5 Å². The summed E-state index contributed by atoms with van der Waals surface area (Å²) in [4.78, 5) is 36.8. The molecule has 1 aliphatic heterocycles. The normalized spacial score (nSPS) is 19.1. The van der Waals surface area contributed by atoms with Crippen molar-refractivity contribution in [3.8, 4) is 11.1 Å². The Balaban J connectivity index is 1.17. The summed E-state index contributed by atoms with van der Waals surface area (Å²) in [5.74, 6) is -0.870. The van der Waals surface area contributed by atoms with Crippen molar-refractivity contribution in [2.75, 3.05) is 37.7 Å². The quantitative estimate of drug-likeness (QED) is 0.507. The van der Waals surface area contributed by atoms with Gasteiger partial charge in [0.25, 0.3) is 0 Å². The number of amides is 2. The van der Waals surface area contributed by atoms with Crippen LogP contribution in [0.5, 0.6) is 0 Å². The van der Waals surface area contributed by atoms with Crippen LogP contribution in [0.1, 0.15) is 23.5 Å². The van der Waals surface area contributed by atoms with E-state index in [0.717, 1.165) is 11.1 Å². The van der Waals surface area contributed by atoms with Crippen LogP contribution in [0.25, 0.3) is 11.1 Å². The molecule has 2 aliphatic rings. The number of likely N-dealkylation sites (tertiary alicyclic amines) is 1. The van der Waals surface area contributed by atoms with E-state index in [2.05, 4.69) is 29.6 Å². The summed E-state index contributed by atoms with van der Waals surface area (Å²) >= 11 is 1.33. The minimum absolute atomic E-state index is 0.0000503. The molecule has 1 unspecified atom stereocenters. The van der Waals surface area contributed by atoms with Crippen molar-refractivity contribution in [1.29, 1.82) is 0 Å². The monoisotopic (exact) mass is 470 g/mol. The first-order chi connectivity index (χ1) is 15.9. The molecule has 2 aromatic rings. The topological polar surface area (TPSA) is 116 Å². The van der Waals surface area contributed by atoms with Gasteiger partial charge in [0.1, 0.15) is 6.61 Å². The molecule has 0 radical (unpaired) electrons. The smallest absolute Gasteiger partial charge is 0.407 e. The number of carbonyl (C=O) groups excluding carboxylic acids is 2. The molecular formula is C24H26N2O6S. The third-order valence-corrected chi connectivity index (χ3v) is 7.03. The maximum absolute atomic E-state index is 12.2. The van der Waals surface area contributed by atoms with Crippen molar-refractivity contribution < 1.29 is 29.3 Å². The van der Waals surface area contributed by atoms with E-state index < -0.39 is 17.7 Å². The number of ether oxygens (including phenoxy) is 1. The molecule has 1 heterocycles. The highest BCUT2D eigenvalue weighted by Gasteiger charge is 2.44. The van der Waals surface area contributed by atoms with E-state index in [-0.39, 0.29) is 43.7 Å². The van der Waals surface area contributed by atoms with Crippen LogP contribution in [0.15, 0.2) is 48.5 Å². The van der Waals surface area contributed by atoms with Crippen LogP contribution < -0.4 is 5.32 Å². The Labute approximate surface area is 195 Å². The molecule has 8 nitrogen and oxygen atoms in total. The Morgan fingerprint density at radius 3 is 2.33 bits per heavy atom. The van der Waals surface area contributed by atoms with Gasteiger partial charge in [0.05, 0.1) is 12.3 Å². The number of hydrogen-bond acceptors (Lipinski definition) is 6. The predicted octanol–water partition coefficient (Wildman–Crippen LogP) is 2.31. The van der Waals surface area contributed by atoms with Crippen LogP contribution in [0, 0.1) is 0 Å². The second kappa shape index (κ2) is 9.84. The van der Waals surface area contributed by atoms with Crippen LogP contribution in [-0.2, 0) is 14.3 Å². The maximum atomic E-state index is 12.2. The van der Waals surface area contributed by atoms with Crippen LogP contribution in [0.2, 0.25) is 0 Å². The van der Waals surface area contributed by atoms with E-state index in [4.69, 9.17) is 9.84 Å². The van der Waals surface area contributed by atoms with E-state index in [1.807, 2.05) is 24.3 Å². The lowest BCUT2D eigenvalue weighted by Crippen LogP contribution is -2.43. The number of aliphatic carboxylic acids is 1. The molecule has 4 rings (SSSR count). The summed E-state index contributed by atoms with van der Waals surface area (Å²) in [5, 5.41) is 21.7. The number of thioether (sulfide) groups is 1. The summed E-state index contributed by atoms with van der Waals surface area (Å²) in [6.07, 6.45) is -0.475. The molecule has 1 saturated heterocycles. The molecular weight excluding hydrogens is 444 g/mol. The van der Waals surface area contributed by atoms with Crippen molar-refractivity contribution in [3.63, 3.8) is 0 Å². The first-order valence-electron chi connectivity index (χ1n) is 10.8. The number of carboxylic acids is 1. The first-order valence-corrected chi connectivity index (χ1v) is 11.9. The van der Waals surface area contributed by atoms with Gasteiger partial charge >= 0.3 is 12.1 Å². The van der Waals surface area contributed by atoms with Crippen LogP contribution in [0.3, 0.4) is 0 Å². The number of aliphatic hydroxyl groups is 1. The van der Waals surface area contributed by atoms with Crippen molar-refractivity contribution >= 4 is 29.7 Å². The predicted molar refractivity (Wildman–Crippen MR) is 124 cm³/mol. The third kappa shape index (κ3) is 4.99. The summed E-state index contributed by atoms with van der Waals surface area (Å²) in [6.45, 7) is 0.612. The number of rotatable bonds is 8. The minimum atomic E-state index is -1.86. The lowest BCUT2D eigenvalue weighted by molar-refractivity contribution is -0.157. The highest BCUT2D eigenvalue weighted by Crippen LogP contribution is 2.44. The van der Waals surface area contributed by atoms with Crippen molar-refractivity contribution in [2.24, 2.45) is 0 Å². The molecule has 33 heavy (non-hydrogen) atoms. The summed E-state index contributed by atoms with van der Waals surface area (Å²) < 4.78 is 5.48. The van der Waals surface area contributed by atoms with Gasteiger partial charge in [0.15, 0.2) is 5.60 Å². The van der Waals surface area contributed by atoms with Crippen molar-refractivity contribution in [1.82, 2.24) is 10.2 Å². The zero-order valence-electron chi connectivity index (χ0n) is 18.0. The molecule has 0 spiro atoms. The SMILES string of the molecule is O=C(NCCSCC(=O)N1CCC(O)(C(=O)O)C1)OCC1c2ccccc2-c2ccccc21. The van der Waals surface area contributed by atoms with E-state index in [9.17, 15) is 19.5 Å². The second-order valence-electron chi connectivity index (χ2n) is 8.21. The number of hydrogen-bond donors (Lipinski definition) is 3. The molecule has 2 aromatic carbocycles. The molecule has 0 saturated carbocycles. The number of nitrogens with zero attached hydrogens (tertiary/aromatic N) is 1. The molecule has 0 aromatic heterocycles. The van der Waals surface area contributed by atoms with Gasteiger partial charge in [-0.2, -0.15) is 11.8 Å².